The predicted octanol–water partition coefficient (Wildman–Crippen LogP) is 2.99. The van der Waals surface area contributed by atoms with Crippen LogP contribution in [0, 0.1) is 6.92 Å². The molecule has 1 saturated carbocycles. The number of amides is 1. The Hall–Kier alpha value is -2.08. The summed E-state index contributed by atoms with van der Waals surface area (Å²) in [5, 5.41) is 2.76. The molecule has 0 spiro atoms. The Labute approximate surface area is 132 Å². The molecule has 0 saturated heterocycles. The Kier molecular flexibility index (Phi) is 3.26. The van der Waals surface area contributed by atoms with E-state index in [1.54, 1.807) is 0 Å². The number of rotatable bonds is 4. The van der Waals surface area contributed by atoms with E-state index in [2.05, 4.69) is 4.98 Å². The van der Waals surface area contributed by atoms with Crippen molar-refractivity contribution in [3.63, 3.8) is 0 Å². The highest BCUT2D eigenvalue weighted by Crippen LogP contribution is 2.35. The lowest BCUT2D eigenvalue weighted by atomic mass is 10.2. The highest BCUT2D eigenvalue weighted by atomic mass is 32.1. The molecule has 114 valence electrons. The molecular formula is C16H16N2O3S. The molecule has 4 rings (SSSR count). The lowest BCUT2D eigenvalue weighted by molar-refractivity contribution is 0.0724. The maximum absolute atomic E-state index is 12.7. The minimum absolute atomic E-state index is 0.0181. The fourth-order valence-electron chi connectivity index (χ4n) is 2.60. The van der Waals surface area contributed by atoms with Crippen LogP contribution in [-0.2, 0) is 6.54 Å². The van der Waals surface area contributed by atoms with E-state index >= 15 is 0 Å². The average molecular weight is 316 g/mol. The number of aryl methyl sites for hydroxylation is 1. The van der Waals surface area contributed by atoms with Gasteiger partial charge in [-0.05, 0) is 37.5 Å². The first kappa shape index (κ1) is 13.6. The SMILES string of the molecule is Cc1nc(C(=O)N(Cc2ccc3c(c2)OCO3)C2CC2)cs1. The number of benzene rings is 1. The standard InChI is InChI=1S/C16H16N2O3S/c1-10-17-13(8-22-10)16(19)18(12-3-4-12)7-11-2-5-14-15(6-11)21-9-20-14/h2,5-6,8,12H,3-4,7,9H2,1H3. The lowest BCUT2D eigenvalue weighted by Gasteiger charge is -2.21. The van der Waals surface area contributed by atoms with Gasteiger partial charge in [-0.1, -0.05) is 6.07 Å². The van der Waals surface area contributed by atoms with Crippen LogP contribution in [-0.4, -0.2) is 28.6 Å². The predicted molar refractivity (Wildman–Crippen MR) is 82.3 cm³/mol. The van der Waals surface area contributed by atoms with Crippen LogP contribution in [0.25, 0.3) is 0 Å². The van der Waals surface area contributed by atoms with Gasteiger partial charge >= 0.3 is 0 Å². The van der Waals surface area contributed by atoms with Gasteiger partial charge in [0.1, 0.15) is 5.69 Å². The number of fused-ring (bicyclic) bond motifs is 1. The molecule has 1 fully saturated rings. The van der Waals surface area contributed by atoms with Crippen LogP contribution in [0.1, 0.15) is 33.9 Å². The lowest BCUT2D eigenvalue weighted by Crippen LogP contribution is -2.32. The van der Waals surface area contributed by atoms with Crippen LogP contribution < -0.4 is 9.47 Å². The summed E-state index contributed by atoms with van der Waals surface area (Å²) in [6, 6.07) is 6.18. The zero-order chi connectivity index (χ0) is 15.1. The summed E-state index contributed by atoms with van der Waals surface area (Å²) in [6.07, 6.45) is 2.14. The number of carbonyl (C=O) groups is 1. The first-order chi connectivity index (χ1) is 10.7. The summed E-state index contributed by atoms with van der Waals surface area (Å²) in [5.74, 6) is 1.54. The summed E-state index contributed by atoms with van der Waals surface area (Å²) in [4.78, 5) is 18.9. The van der Waals surface area contributed by atoms with E-state index in [9.17, 15) is 4.79 Å². The molecule has 0 radical (unpaired) electrons. The minimum Gasteiger partial charge on any atom is -0.454 e. The summed E-state index contributed by atoms with van der Waals surface area (Å²) < 4.78 is 10.7. The molecule has 6 heteroatoms. The highest BCUT2D eigenvalue weighted by Gasteiger charge is 2.34. The molecule has 22 heavy (non-hydrogen) atoms. The van der Waals surface area contributed by atoms with Gasteiger partial charge in [-0.25, -0.2) is 4.98 Å². The Balaban J connectivity index is 1.56. The van der Waals surface area contributed by atoms with E-state index < -0.39 is 0 Å². The molecule has 1 aromatic carbocycles. The monoisotopic (exact) mass is 316 g/mol. The maximum Gasteiger partial charge on any atom is 0.273 e. The summed E-state index contributed by atoms with van der Waals surface area (Å²) in [6.45, 7) is 2.76. The first-order valence-corrected chi connectivity index (χ1v) is 8.20. The smallest absolute Gasteiger partial charge is 0.273 e. The summed E-state index contributed by atoms with van der Waals surface area (Å²) in [5.41, 5.74) is 1.60. The number of hydrogen-bond acceptors (Lipinski definition) is 5. The van der Waals surface area contributed by atoms with Gasteiger partial charge in [-0.3, -0.25) is 4.79 Å². The van der Waals surface area contributed by atoms with Gasteiger partial charge in [-0.2, -0.15) is 0 Å². The Morgan fingerprint density at radius 3 is 2.91 bits per heavy atom. The Morgan fingerprint density at radius 1 is 1.36 bits per heavy atom. The van der Waals surface area contributed by atoms with E-state index in [1.807, 2.05) is 35.4 Å². The first-order valence-electron chi connectivity index (χ1n) is 7.32. The average Bonchev–Trinajstić information content (AvgIpc) is 3.08. The maximum atomic E-state index is 12.7. The molecule has 0 bridgehead atoms. The fraction of sp³-hybridized carbons (Fsp3) is 0.375. The van der Waals surface area contributed by atoms with Crippen LogP contribution >= 0.6 is 11.3 Å². The van der Waals surface area contributed by atoms with Crippen LogP contribution in [0.4, 0.5) is 0 Å². The Morgan fingerprint density at radius 2 is 2.18 bits per heavy atom. The normalized spacial score (nSPS) is 15.9. The molecule has 1 amide bonds. The second kappa shape index (κ2) is 5.28. The van der Waals surface area contributed by atoms with Crippen LogP contribution in [0.2, 0.25) is 0 Å². The third-order valence-corrected chi connectivity index (χ3v) is 4.65. The van der Waals surface area contributed by atoms with Crippen molar-refractivity contribution in [1.82, 2.24) is 9.88 Å². The number of carbonyl (C=O) groups excluding carboxylic acids is 1. The van der Waals surface area contributed by atoms with Crippen molar-refractivity contribution in [3.8, 4) is 11.5 Å². The van der Waals surface area contributed by atoms with E-state index in [4.69, 9.17) is 9.47 Å². The molecule has 2 aromatic rings. The topological polar surface area (TPSA) is 51.7 Å². The number of nitrogens with zero attached hydrogens (tertiary/aromatic N) is 2. The second-order valence-corrected chi connectivity index (χ2v) is 6.67. The zero-order valence-electron chi connectivity index (χ0n) is 12.2. The van der Waals surface area contributed by atoms with Crippen molar-refractivity contribution < 1.29 is 14.3 Å². The molecule has 0 N–H and O–H groups in total. The van der Waals surface area contributed by atoms with Crippen LogP contribution in [0.15, 0.2) is 23.6 Å². The molecule has 1 aromatic heterocycles. The van der Waals surface area contributed by atoms with E-state index in [-0.39, 0.29) is 12.7 Å². The van der Waals surface area contributed by atoms with Gasteiger partial charge in [0.2, 0.25) is 6.79 Å². The van der Waals surface area contributed by atoms with Gasteiger partial charge in [-0.15, -0.1) is 11.3 Å². The van der Waals surface area contributed by atoms with Crippen molar-refractivity contribution in [2.75, 3.05) is 6.79 Å². The van der Waals surface area contributed by atoms with Crippen LogP contribution in [0.5, 0.6) is 11.5 Å². The van der Waals surface area contributed by atoms with Crippen LogP contribution in [0.3, 0.4) is 0 Å². The van der Waals surface area contributed by atoms with Gasteiger partial charge in [0, 0.05) is 18.0 Å². The second-order valence-electron chi connectivity index (χ2n) is 5.60. The summed E-state index contributed by atoms with van der Waals surface area (Å²) in [7, 11) is 0. The van der Waals surface area contributed by atoms with Crippen molar-refractivity contribution in [2.45, 2.75) is 32.4 Å². The number of hydrogen-bond donors (Lipinski definition) is 0. The zero-order valence-corrected chi connectivity index (χ0v) is 13.1. The van der Waals surface area contributed by atoms with Gasteiger partial charge in [0.05, 0.1) is 5.01 Å². The fourth-order valence-corrected chi connectivity index (χ4v) is 3.18. The van der Waals surface area contributed by atoms with Crippen molar-refractivity contribution in [3.05, 3.63) is 39.8 Å². The minimum atomic E-state index is 0.0181. The molecule has 2 aliphatic rings. The third kappa shape index (κ3) is 2.54. The number of thiazole rings is 1. The third-order valence-electron chi connectivity index (χ3n) is 3.88. The molecular weight excluding hydrogens is 300 g/mol. The molecule has 1 aliphatic carbocycles. The molecule has 1 aliphatic heterocycles. The number of aromatic nitrogens is 1. The van der Waals surface area contributed by atoms with Crippen molar-refractivity contribution in [1.29, 1.82) is 0 Å². The van der Waals surface area contributed by atoms with E-state index in [0.29, 0.717) is 18.3 Å². The van der Waals surface area contributed by atoms with E-state index in [0.717, 1.165) is 34.9 Å². The molecule has 0 atom stereocenters. The summed E-state index contributed by atoms with van der Waals surface area (Å²) >= 11 is 1.51. The Bertz CT molecular complexity index is 724. The van der Waals surface area contributed by atoms with Gasteiger partial charge in [0.25, 0.3) is 5.91 Å². The number of ether oxygens (including phenoxy) is 2. The molecule has 0 unspecified atom stereocenters. The quantitative estimate of drug-likeness (QED) is 0.870. The van der Waals surface area contributed by atoms with E-state index in [1.165, 1.54) is 11.3 Å². The largest absolute Gasteiger partial charge is 0.454 e. The van der Waals surface area contributed by atoms with Crippen molar-refractivity contribution >= 4 is 17.2 Å². The highest BCUT2D eigenvalue weighted by molar-refractivity contribution is 7.09. The van der Waals surface area contributed by atoms with Gasteiger partial charge in [0.15, 0.2) is 11.5 Å². The molecule has 5 nitrogen and oxygen atoms in total. The molecule has 2 heterocycles. The van der Waals surface area contributed by atoms with Gasteiger partial charge < -0.3 is 14.4 Å². The van der Waals surface area contributed by atoms with Crippen molar-refractivity contribution in [2.24, 2.45) is 0 Å².